The largest absolute Gasteiger partial charge is 0.310 e. The van der Waals surface area contributed by atoms with E-state index in [0.29, 0.717) is 0 Å². The fourth-order valence-corrected chi connectivity index (χ4v) is 3.01. The van der Waals surface area contributed by atoms with Crippen LogP contribution in [0.4, 0.5) is 4.39 Å². The van der Waals surface area contributed by atoms with E-state index in [1.807, 2.05) is 6.07 Å². The Bertz CT molecular complexity index is 604. The summed E-state index contributed by atoms with van der Waals surface area (Å²) in [4.78, 5) is 0. The lowest BCUT2D eigenvalue weighted by atomic mass is 9.96. The van der Waals surface area contributed by atoms with E-state index in [1.165, 1.54) is 22.8 Å². The predicted octanol–water partition coefficient (Wildman–Crippen LogP) is 5.10. The Kier molecular flexibility index (Phi) is 5.54. The normalized spacial score (nSPS) is 12.4. The molecule has 0 aliphatic carbocycles. The first-order valence-corrected chi connectivity index (χ1v) is 8.04. The number of likely N-dealkylation sites (N-methyl/N-ethyl adjacent to an activating group) is 1. The number of hydrogen-bond donors (Lipinski definition) is 1. The van der Waals surface area contributed by atoms with Gasteiger partial charge in [0.25, 0.3) is 0 Å². The number of benzene rings is 2. The number of aryl methyl sites for hydroxylation is 2. The molecule has 0 aromatic heterocycles. The van der Waals surface area contributed by atoms with Crippen LogP contribution in [-0.2, 0) is 6.42 Å². The minimum Gasteiger partial charge on any atom is -0.310 e. The van der Waals surface area contributed by atoms with E-state index < -0.39 is 0 Å². The highest BCUT2D eigenvalue weighted by atomic mass is 79.9. The summed E-state index contributed by atoms with van der Waals surface area (Å²) in [5.74, 6) is -0.199. The summed E-state index contributed by atoms with van der Waals surface area (Å²) in [6, 6.07) is 11.8. The lowest BCUT2D eigenvalue weighted by molar-refractivity contribution is 0.546. The van der Waals surface area contributed by atoms with Gasteiger partial charge in [-0.1, -0.05) is 41.1 Å². The summed E-state index contributed by atoms with van der Waals surface area (Å²) in [6.45, 7) is 7.22. The summed E-state index contributed by atoms with van der Waals surface area (Å²) in [7, 11) is 0. The van der Waals surface area contributed by atoms with Crippen LogP contribution in [0, 0.1) is 19.7 Å². The summed E-state index contributed by atoms with van der Waals surface area (Å²) in [6.07, 6.45) is 0.771. The average molecular weight is 350 g/mol. The quantitative estimate of drug-likeness (QED) is 0.791. The molecule has 0 aliphatic heterocycles. The monoisotopic (exact) mass is 349 g/mol. The molecule has 0 radical (unpaired) electrons. The van der Waals surface area contributed by atoms with Crippen molar-refractivity contribution in [3.8, 4) is 0 Å². The van der Waals surface area contributed by atoms with Crippen LogP contribution in [0.25, 0.3) is 0 Å². The molecule has 0 bridgehead atoms. The lowest BCUT2D eigenvalue weighted by Gasteiger charge is -2.20. The maximum Gasteiger partial charge on any atom is 0.124 e. The van der Waals surface area contributed by atoms with Gasteiger partial charge in [-0.25, -0.2) is 4.39 Å². The van der Waals surface area contributed by atoms with E-state index in [4.69, 9.17) is 0 Å². The molecular weight excluding hydrogens is 329 g/mol. The maximum absolute atomic E-state index is 13.5. The van der Waals surface area contributed by atoms with Crippen molar-refractivity contribution in [1.82, 2.24) is 5.32 Å². The highest BCUT2D eigenvalue weighted by Crippen LogP contribution is 2.23. The van der Waals surface area contributed by atoms with Gasteiger partial charge < -0.3 is 5.32 Å². The topological polar surface area (TPSA) is 12.0 Å². The van der Waals surface area contributed by atoms with Gasteiger partial charge in [-0.05, 0) is 67.3 Å². The molecule has 2 aromatic rings. The van der Waals surface area contributed by atoms with Crippen LogP contribution in [0.5, 0.6) is 0 Å². The van der Waals surface area contributed by atoms with Gasteiger partial charge in [0.2, 0.25) is 0 Å². The second kappa shape index (κ2) is 7.19. The first kappa shape index (κ1) is 16.2. The van der Waals surface area contributed by atoms with Crippen LogP contribution in [0.1, 0.15) is 35.2 Å². The molecule has 112 valence electrons. The van der Waals surface area contributed by atoms with Crippen molar-refractivity contribution in [3.63, 3.8) is 0 Å². The highest BCUT2D eigenvalue weighted by Gasteiger charge is 2.13. The first-order chi connectivity index (χ1) is 9.99. The van der Waals surface area contributed by atoms with Crippen LogP contribution >= 0.6 is 15.9 Å². The molecule has 1 unspecified atom stereocenters. The molecule has 2 rings (SSSR count). The Morgan fingerprint density at radius 3 is 2.48 bits per heavy atom. The fourth-order valence-electron chi connectivity index (χ4n) is 2.50. The van der Waals surface area contributed by atoms with Crippen LogP contribution in [0.15, 0.2) is 40.9 Å². The van der Waals surface area contributed by atoms with Gasteiger partial charge in [-0.2, -0.15) is 0 Å². The minimum absolute atomic E-state index is 0.197. The molecule has 3 heteroatoms. The molecule has 0 amide bonds. The van der Waals surface area contributed by atoms with Gasteiger partial charge in [0.05, 0.1) is 0 Å². The Labute approximate surface area is 134 Å². The number of halogens is 2. The van der Waals surface area contributed by atoms with Gasteiger partial charge in [0.1, 0.15) is 5.82 Å². The van der Waals surface area contributed by atoms with Crippen molar-refractivity contribution < 1.29 is 4.39 Å². The molecule has 21 heavy (non-hydrogen) atoms. The van der Waals surface area contributed by atoms with E-state index >= 15 is 0 Å². The molecule has 1 N–H and O–H groups in total. The summed E-state index contributed by atoms with van der Waals surface area (Å²) >= 11 is 3.36. The molecule has 0 spiro atoms. The lowest BCUT2D eigenvalue weighted by Crippen LogP contribution is -2.23. The van der Waals surface area contributed by atoms with E-state index in [1.54, 1.807) is 6.07 Å². The Hall–Kier alpha value is -1.19. The van der Waals surface area contributed by atoms with E-state index in [0.717, 1.165) is 23.0 Å². The van der Waals surface area contributed by atoms with Crippen molar-refractivity contribution in [2.75, 3.05) is 6.54 Å². The Morgan fingerprint density at radius 2 is 1.86 bits per heavy atom. The number of nitrogens with one attached hydrogen (secondary N) is 1. The Balaban J connectivity index is 2.27. The zero-order valence-electron chi connectivity index (χ0n) is 12.7. The van der Waals surface area contributed by atoms with Crippen molar-refractivity contribution >= 4 is 15.9 Å². The Morgan fingerprint density at radius 1 is 1.10 bits per heavy atom. The third kappa shape index (κ3) is 4.39. The van der Waals surface area contributed by atoms with Gasteiger partial charge in [-0.15, -0.1) is 0 Å². The SMILES string of the molecule is CCNC(Cc1cc(F)cc(Br)c1)c1ccc(C)c(C)c1. The van der Waals surface area contributed by atoms with Gasteiger partial charge in [0.15, 0.2) is 0 Å². The zero-order chi connectivity index (χ0) is 15.4. The summed E-state index contributed by atoms with van der Waals surface area (Å²) < 4.78 is 14.3. The van der Waals surface area contributed by atoms with Crippen molar-refractivity contribution in [3.05, 3.63) is 68.9 Å². The third-order valence-electron chi connectivity index (χ3n) is 3.75. The van der Waals surface area contributed by atoms with Gasteiger partial charge in [0, 0.05) is 10.5 Å². The standard InChI is InChI=1S/C18H21BrFN/c1-4-21-18(15-6-5-12(2)13(3)7-15)10-14-8-16(19)11-17(20)9-14/h5-9,11,18,21H,4,10H2,1-3H3. The molecule has 0 saturated carbocycles. The van der Waals surface area contributed by atoms with Gasteiger partial charge >= 0.3 is 0 Å². The van der Waals surface area contributed by atoms with Crippen LogP contribution in [0.2, 0.25) is 0 Å². The third-order valence-corrected chi connectivity index (χ3v) is 4.20. The molecule has 0 aliphatic rings. The summed E-state index contributed by atoms with van der Waals surface area (Å²) in [5, 5.41) is 3.50. The second-order valence-corrected chi connectivity index (χ2v) is 6.35. The van der Waals surface area contributed by atoms with E-state index in [9.17, 15) is 4.39 Å². The molecule has 1 nitrogen and oxygen atoms in total. The smallest absolute Gasteiger partial charge is 0.124 e. The van der Waals surface area contributed by atoms with Gasteiger partial charge in [-0.3, -0.25) is 0 Å². The van der Waals surface area contributed by atoms with Crippen molar-refractivity contribution in [2.45, 2.75) is 33.2 Å². The highest BCUT2D eigenvalue weighted by molar-refractivity contribution is 9.10. The average Bonchev–Trinajstić information content (AvgIpc) is 2.40. The van der Waals surface area contributed by atoms with Crippen LogP contribution in [-0.4, -0.2) is 6.54 Å². The molecule has 0 fully saturated rings. The molecular formula is C18H21BrFN. The molecule has 1 atom stereocenters. The first-order valence-electron chi connectivity index (χ1n) is 7.25. The number of hydrogen-bond acceptors (Lipinski definition) is 1. The molecule has 2 aromatic carbocycles. The predicted molar refractivity (Wildman–Crippen MR) is 90.1 cm³/mol. The minimum atomic E-state index is -0.199. The van der Waals surface area contributed by atoms with Crippen molar-refractivity contribution in [1.29, 1.82) is 0 Å². The molecule has 0 heterocycles. The molecule has 0 saturated heterocycles. The fraction of sp³-hybridized carbons (Fsp3) is 0.333. The maximum atomic E-state index is 13.5. The van der Waals surface area contributed by atoms with Crippen LogP contribution < -0.4 is 5.32 Å². The van der Waals surface area contributed by atoms with Crippen LogP contribution in [0.3, 0.4) is 0 Å². The second-order valence-electron chi connectivity index (χ2n) is 5.44. The number of rotatable bonds is 5. The van der Waals surface area contributed by atoms with Crippen molar-refractivity contribution in [2.24, 2.45) is 0 Å². The van der Waals surface area contributed by atoms with E-state index in [2.05, 4.69) is 60.2 Å². The van der Waals surface area contributed by atoms with E-state index in [-0.39, 0.29) is 11.9 Å². The zero-order valence-corrected chi connectivity index (χ0v) is 14.3. The summed E-state index contributed by atoms with van der Waals surface area (Å²) in [5.41, 5.74) is 4.82.